The minimum absolute atomic E-state index is 0.0116. The van der Waals surface area contributed by atoms with Crippen molar-refractivity contribution in [3.63, 3.8) is 0 Å². The molecule has 0 spiro atoms. The molecule has 4 fully saturated rings. The number of rotatable bonds is 4. The number of benzene rings is 2. The Morgan fingerprint density at radius 1 is 0.862 bits per heavy atom. The third-order valence-electron chi connectivity index (χ3n) is 6.09. The SMILES string of the molecule is C(=N\N=C(c1ccccc1)C12CN3CN(CN(C3)C1)C2)/c1ccc2c(c1)OCO2. The molecule has 0 aromatic heterocycles. The van der Waals surface area contributed by atoms with Gasteiger partial charge in [-0.25, -0.2) is 0 Å². The minimum Gasteiger partial charge on any atom is -0.454 e. The quantitative estimate of drug-likeness (QED) is 0.592. The molecule has 7 heteroatoms. The molecule has 0 unspecified atom stereocenters. The van der Waals surface area contributed by atoms with Gasteiger partial charge in [0.2, 0.25) is 6.79 Å². The predicted octanol–water partition coefficient (Wildman–Crippen LogP) is 2.04. The summed E-state index contributed by atoms with van der Waals surface area (Å²) in [4.78, 5) is 7.53. The van der Waals surface area contributed by atoms with Gasteiger partial charge in [-0.15, -0.1) is 0 Å². The Labute approximate surface area is 169 Å². The molecule has 148 valence electrons. The molecule has 5 heterocycles. The van der Waals surface area contributed by atoms with Crippen LogP contribution in [0.5, 0.6) is 11.5 Å². The van der Waals surface area contributed by atoms with Crippen LogP contribution < -0.4 is 9.47 Å². The number of hydrogen-bond acceptors (Lipinski definition) is 7. The zero-order valence-corrected chi connectivity index (χ0v) is 16.2. The van der Waals surface area contributed by atoms with E-state index in [1.54, 1.807) is 6.21 Å². The average molecular weight is 389 g/mol. The number of fused-ring (bicyclic) bond motifs is 1. The van der Waals surface area contributed by atoms with Crippen molar-refractivity contribution in [1.82, 2.24) is 14.7 Å². The monoisotopic (exact) mass is 389 g/mol. The van der Waals surface area contributed by atoms with E-state index in [1.807, 2.05) is 24.3 Å². The van der Waals surface area contributed by atoms with Crippen molar-refractivity contribution >= 4 is 11.9 Å². The molecule has 0 radical (unpaired) electrons. The van der Waals surface area contributed by atoms with Crippen LogP contribution in [0.2, 0.25) is 0 Å². The summed E-state index contributed by atoms with van der Waals surface area (Å²) in [5.41, 5.74) is 3.17. The minimum atomic E-state index is -0.0116. The highest BCUT2D eigenvalue weighted by molar-refractivity contribution is 6.05. The molecule has 7 rings (SSSR count). The van der Waals surface area contributed by atoms with Crippen molar-refractivity contribution in [2.75, 3.05) is 46.4 Å². The Bertz CT molecular complexity index is 953. The third-order valence-corrected chi connectivity index (χ3v) is 6.09. The van der Waals surface area contributed by atoms with Crippen LogP contribution in [0.25, 0.3) is 0 Å². The van der Waals surface area contributed by atoms with E-state index in [1.165, 1.54) is 0 Å². The summed E-state index contributed by atoms with van der Waals surface area (Å²) in [6.45, 7) is 6.55. The number of ether oxygens (including phenoxy) is 2. The molecule has 0 N–H and O–H groups in total. The molecular weight excluding hydrogens is 366 g/mol. The van der Waals surface area contributed by atoms with Crippen molar-refractivity contribution in [2.24, 2.45) is 15.6 Å². The molecule has 0 atom stereocenters. The summed E-state index contributed by atoms with van der Waals surface area (Å²) in [5, 5.41) is 9.32. The second-order valence-electron chi connectivity index (χ2n) is 8.36. The Kier molecular flexibility index (Phi) is 3.94. The lowest BCUT2D eigenvalue weighted by atomic mass is 9.74. The molecule has 2 aromatic rings. The van der Waals surface area contributed by atoms with E-state index in [9.17, 15) is 0 Å². The fourth-order valence-electron chi connectivity index (χ4n) is 5.15. The second kappa shape index (κ2) is 6.66. The van der Waals surface area contributed by atoms with Gasteiger partial charge in [0.05, 0.1) is 37.3 Å². The van der Waals surface area contributed by atoms with Crippen molar-refractivity contribution in [3.05, 3.63) is 59.7 Å². The maximum absolute atomic E-state index is 5.46. The maximum Gasteiger partial charge on any atom is 0.231 e. The van der Waals surface area contributed by atoms with E-state index in [0.717, 1.165) is 68.0 Å². The summed E-state index contributed by atoms with van der Waals surface area (Å²) in [5.74, 6) is 1.54. The highest BCUT2D eigenvalue weighted by Crippen LogP contribution is 2.38. The smallest absolute Gasteiger partial charge is 0.231 e. The van der Waals surface area contributed by atoms with Gasteiger partial charge in [0.25, 0.3) is 0 Å². The van der Waals surface area contributed by atoms with Crippen LogP contribution in [-0.4, -0.2) is 73.1 Å². The van der Waals surface area contributed by atoms with Gasteiger partial charge >= 0.3 is 0 Å². The first-order valence-corrected chi connectivity index (χ1v) is 10.0. The van der Waals surface area contributed by atoms with Crippen LogP contribution in [-0.2, 0) is 0 Å². The summed E-state index contributed by atoms with van der Waals surface area (Å²) < 4.78 is 10.8. The highest BCUT2D eigenvalue weighted by Gasteiger charge is 2.51. The average Bonchev–Trinajstić information content (AvgIpc) is 3.18. The van der Waals surface area contributed by atoms with Gasteiger partial charge in [0.1, 0.15) is 0 Å². The molecule has 7 nitrogen and oxygen atoms in total. The summed E-state index contributed by atoms with van der Waals surface area (Å²) in [6, 6.07) is 16.3. The topological polar surface area (TPSA) is 52.9 Å². The largest absolute Gasteiger partial charge is 0.454 e. The molecule has 5 aliphatic rings. The molecule has 2 aromatic carbocycles. The van der Waals surface area contributed by atoms with Crippen LogP contribution in [0.4, 0.5) is 0 Å². The van der Waals surface area contributed by atoms with Crippen molar-refractivity contribution in [3.8, 4) is 11.5 Å². The summed E-state index contributed by atoms with van der Waals surface area (Å²) in [7, 11) is 0. The summed E-state index contributed by atoms with van der Waals surface area (Å²) in [6.07, 6.45) is 1.80. The Hall–Kier alpha value is -2.74. The van der Waals surface area contributed by atoms with Gasteiger partial charge < -0.3 is 9.47 Å². The second-order valence-corrected chi connectivity index (χ2v) is 8.36. The number of hydrogen-bond donors (Lipinski definition) is 0. The lowest BCUT2D eigenvalue weighted by Crippen LogP contribution is -2.74. The molecule has 0 amide bonds. The fraction of sp³-hybridized carbons (Fsp3) is 0.364. The molecular formula is C22H23N5O2. The van der Waals surface area contributed by atoms with Crippen molar-refractivity contribution in [1.29, 1.82) is 0 Å². The maximum atomic E-state index is 5.46. The van der Waals surface area contributed by atoms with Crippen LogP contribution in [0.3, 0.4) is 0 Å². The van der Waals surface area contributed by atoms with Crippen LogP contribution in [0.1, 0.15) is 11.1 Å². The lowest BCUT2D eigenvalue weighted by molar-refractivity contribution is -0.149. The van der Waals surface area contributed by atoms with E-state index in [4.69, 9.17) is 14.6 Å². The van der Waals surface area contributed by atoms with E-state index in [2.05, 4.69) is 44.1 Å². The van der Waals surface area contributed by atoms with Crippen LogP contribution in [0.15, 0.2) is 58.7 Å². The van der Waals surface area contributed by atoms with Gasteiger partial charge in [-0.2, -0.15) is 10.2 Å². The standard InChI is InChI=1S/C22H23N5O2/c1-2-4-18(5-3-1)21(22-10-25-13-26(11-22)15-27(12-22)14-25)24-23-9-17-6-7-19-20(8-17)29-16-28-19/h1-9H,10-16H2/b23-9+,24-21?. The van der Waals surface area contributed by atoms with Gasteiger partial charge in [0, 0.05) is 19.6 Å². The van der Waals surface area contributed by atoms with Gasteiger partial charge in [-0.05, 0) is 29.3 Å². The van der Waals surface area contributed by atoms with E-state index < -0.39 is 0 Å². The molecule has 0 aliphatic carbocycles. The zero-order chi connectivity index (χ0) is 19.3. The first-order valence-electron chi connectivity index (χ1n) is 10.0. The lowest BCUT2D eigenvalue weighted by Gasteiger charge is -2.60. The highest BCUT2D eigenvalue weighted by atomic mass is 16.7. The van der Waals surface area contributed by atoms with E-state index in [-0.39, 0.29) is 12.2 Å². The van der Waals surface area contributed by atoms with Crippen LogP contribution in [0, 0.1) is 5.41 Å². The molecule has 4 bridgehead atoms. The number of nitrogens with zero attached hydrogens (tertiary/aromatic N) is 5. The Morgan fingerprint density at radius 3 is 2.28 bits per heavy atom. The van der Waals surface area contributed by atoms with Gasteiger partial charge in [-0.3, -0.25) is 14.7 Å². The molecule has 0 saturated carbocycles. The van der Waals surface area contributed by atoms with E-state index in [0.29, 0.717) is 0 Å². The predicted molar refractivity (Wildman–Crippen MR) is 110 cm³/mol. The van der Waals surface area contributed by atoms with Gasteiger partial charge in [0.15, 0.2) is 11.5 Å². The van der Waals surface area contributed by atoms with E-state index >= 15 is 0 Å². The molecule has 29 heavy (non-hydrogen) atoms. The Balaban J connectivity index is 1.36. The fourth-order valence-corrected chi connectivity index (χ4v) is 5.15. The first kappa shape index (κ1) is 17.1. The molecule has 4 saturated heterocycles. The Morgan fingerprint density at radius 2 is 1.55 bits per heavy atom. The van der Waals surface area contributed by atoms with Gasteiger partial charge in [-0.1, -0.05) is 30.3 Å². The third kappa shape index (κ3) is 3.02. The first-order chi connectivity index (χ1) is 14.3. The molecule has 5 aliphatic heterocycles. The zero-order valence-electron chi connectivity index (χ0n) is 16.2. The van der Waals surface area contributed by atoms with Crippen LogP contribution >= 0.6 is 0 Å². The van der Waals surface area contributed by atoms with Crippen molar-refractivity contribution in [2.45, 2.75) is 0 Å². The normalized spacial score (nSPS) is 32.3. The van der Waals surface area contributed by atoms with Crippen molar-refractivity contribution < 1.29 is 9.47 Å². The summed E-state index contributed by atoms with van der Waals surface area (Å²) >= 11 is 0.